The highest BCUT2D eigenvalue weighted by atomic mass is 32.1. The van der Waals surface area contributed by atoms with E-state index >= 15 is 0 Å². The minimum atomic E-state index is -0.412. The van der Waals surface area contributed by atoms with Crippen LogP contribution in [0, 0.1) is 11.3 Å². The Morgan fingerprint density at radius 1 is 1.25 bits per heavy atom. The van der Waals surface area contributed by atoms with E-state index in [2.05, 4.69) is 11.1 Å². The van der Waals surface area contributed by atoms with Crippen molar-refractivity contribution in [3.8, 4) is 17.4 Å². The molecular formula is C22H18N2O3S. The third-order valence-corrected chi connectivity index (χ3v) is 6.00. The van der Waals surface area contributed by atoms with Crippen LogP contribution in [-0.4, -0.2) is 19.3 Å². The SMILES string of the molecule is COC(=O)c1ccccc1-c1ccc(C=Nc2sc3c(c2C#N)CCCC3)o1. The number of carbonyl (C=O) groups is 1. The average Bonchev–Trinajstić information content (AvgIpc) is 3.35. The summed E-state index contributed by atoms with van der Waals surface area (Å²) in [6, 6.07) is 13.0. The van der Waals surface area contributed by atoms with Crippen molar-refractivity contribution in [2.24, 2.45) is 4.99 Å². The predicted molar refractivity (Wildman–Crippen MR) is 108 cm³/mol. The van der Waals surface area contributed by atoms with Gasteiger partial charge < -0.3 is 9.15 Å². The predicted octanol–water partition coefficient (Wildman–Crippen LogP) is 5.30. The zero-order valence-electron chi connectivity index (χ0n) is 15.4. The second-order valence-corrected chi connectivity index (χ2v) is 7.58. The van der Waals surface area contributed by atoms with Gasteiger partial charge in [-0.05, 0) is 49.4 Å². The maximum atomic E-state index is 12.0. The maximum Gasteiger partial charge on any atom is 0.338 e. The molecule has 0 radical (unpaired) electrons. The van der Waals surface area contributed by atoms with Crippen LogP contribution in [0.25, 0.3) is 11.3 Å². The summed E-state index contributed by atoms with van der Waals surface area (Å²) < 4.78 is 10.7. The Balaban J connectivity index is 1.63. The summed E-state index contributed by atoms with van der Waals surface area (Å²) in [4.78, 5) is 17.8. The highest BCUT2D eigenvalue weighted by Crippen LogP contribution is 2.39. The molecule has 0 saturated carbocycles. The van der Waals surface area contributed by atoms with Crippen LogP contribution in [0.3, 0.4) is 0 Å². The smallest absolute Gasteiger partial charge is 0.338 e. The average molecular weight is 390 g/mol. The number of fused-ring (bicyclic) bond motifs is 1. The van der Waals surface area contributed by atoms with Crippen LogP contribution in [-0.2, 0) is 17.6 Å². The Morgan fingerprint density at radius 3 is 2.89 bits per heavy atom. The number of aryl methyl sites for hydroxylation is 1. The minimum Gasteiger partial charge on any atom is -0.465 e. The Hall–Kier alpha value is -3.17. The topological polar surface area (TPSA) is 75.6 Å². The fraction of sp³-hybridized carbons (Fsp3) is 0.227. The van der Waals surface area contributed by atoms with Gasteiger partial charge in [-0.1, -0.05) is 18.2 Å². The second-order valence-electron chi connectivity index (χ2n) is 6.50. The van der Waals surface area contributed by atoms with Gasteiger partial charge in [0, 0.05) is 10.4 Å². The quantitative estimate of drug-likeness (QED) is 0.448. The first kappa shape index (κ1) is 18.2. The van der Waals surface area contributed by atoms with E-state index in [1.54, 1.807) is 41.8 Å². The van der Waals surface area contributed by atoms with Crippen LogP contribution < -0.4 is 0 Å². The van der Waals surface area contributed by atoms with Crippen molar-refractivity contribution in [2.75, 3.05) is 7.11 Å². The van der Waals surface area contributed by atoms with Gasteiger partial charge in [-0.2, -0.15) is 5.26 Å². The molecule has 5 nitrogen and oxygen atoms in total. The lowest BCUT2D eigenvalue weighted by Gasteiger charge is -2.09. The number of ether oxygens (including phenoxy) is 1. The third kappa shape index (κ3) is 3.37. The molecule has 0 bridgehead atoms. The van der Waals surface area contributed by atoms with Crippen molar-refractivity contribution >= 4 is 28.5 Å². The van der Waals surface area contributed by atoms with Crippen LogP contribution in [0.1, 0.15) is 45.0 Å². The van der Waals surface area contributed by atoms with Gasteiger partial charge in [-0.25, -0.2) is 9.79 Å². The molecule has 140 valence electrons. The minimum absolute atomic E-state index is 0.412. The maximum absolute atomic E-state index is 12.0. The Kier molecular flexibility index (Phi) is 5.09. The molecular weight excluding hydrogens is 372 g/mol. The van der Waals surface area contributed by atoms with E-state index in [0.29, 0.717) is 28.2 Å². The molecule has 0 unspecified atom stereocenters. The molecule has 0 saturated heterocycles. The van der Waals surface area contributed by atoms with Crippen LogP contribution >= 0.6 is 11.3 Å². The fourth-order valence-electron chi connectivity index (χ4n) is 3.43. The lowest BCUT2D eigenvalue weighted by Crippen LogP contribution is -2.02. The van der Waals surface area contributed by atoms with Gasteiger partial charge in [0.25, 0.3) is 0 Å². The number of rotatable bonds is 4. The first-order chi connectivity index (χ1) is 13.7. The van der Waals surface area contributed by atoms with Crippen molar-refractivity contribution in [1.29, 1.82) is 5.26 Å². The number of benzene rings is 1. The standard InChI is InChI=1S/C22H18N2O3S/c1-26-22(25)17-8-3-2-6-15(17)19-11-10-14(27-19)13-24-21-18(12-23)16-7-4-5-9-20(16)28-21/h2-3,6,8,10-11,13H,4-5,7,9H2,1H3. The molecule has 0 amide bonds. The summed E-state index contributed by atoms with van der Waals surface area (Å²) in [5, 5.41) is 10.3. The lowest BCUT2D eigenvalue weighted by atomic mass is 9.96. The number of methoxy groups -OCH3 is 1. The molecule has 2 heterocycles. The molecule has 0 fully saturated rings. The Bertz CT molecular complexity index is 1100. The number of nitrogens with zero attached hydrogens (tertiary/aromatic N) is 2. The van der Waals surface area contributed by atoms with Gasteiger partial charge in [-0.15, -0.1) is 11.3 Å². The van der Waals surface area contributed by atoms with Crippen LogP contribution in [0.4, 0.5) is 5.00 Å². The highest BCUT2D eigenvalue weighted by Gasteiger charge is 2.20. The van der Waals surface area contributed by atoms with E-state index < -0.39 is 5.97 Å². The summed E-state index contributed by atoms with van der Waals surface area (Å²) in [7, 11) is 1.35. The zero-order chi connectivity index (χ0) is 19.5. The van der Waals surface area contributed by atoms with Crippen molar-refractivity contribution in [3.05, 3.63) is 63.7 Å². The number of nitriles is 1. The van der Waals surface area contributed by atoms with Crippen LogP contribution in [0.5, 0.6) is 0 Å². The van der Waals surface area contributed by atoms with Gasteiger partial charge in [0.05, 0.1) is 24.5 Å². The van der Waals surface area contributed by atoms with Crippen molar-refractivity contribution in [2.45, 2.75) is 25.7 Å². The number of esters is 1. The normalized spacial score (nSPS) is 13.3. The molecule has 0 atom stereocenters. The molecule has 1 aromatic carbocycles. The highest BCUT2D eigenvalue weighted by molar-refractivity contribution is 7.16. The first-order valence-electron chi connectivity index (χ1n) is 9.07. The molecule has 0 N–H and O–H groups in total. The Labute approximate surface area is 166 Å². The van der Waals surface area contributed by atoms with Crippen molar-refractivity contribution < 1.29 is 13.9 Å². The van der Waals surface area contributed by atoms with E-state index in [-0.39, 0.29) is 0 Å². The molecule has 1 aliphatic rings. The van der Waals surface area contributed by atoms with Gasteiger partial charge in [0.15, 0.2) is 0 Å². The largest absolute Gasteiger partial charge is 0.465 e. The van der Waals surface area contributed by atoms with E-state index in [0.717, 1.165) is 29.8 Å². The van der Waals surface area contributed by atoms with Gasteiger partial charge >= 0.3 is 5.97 Å². The van der Waals surface area contributed by atoms with Gasteiger partial charge in [-0.3, -0.25) is 0 Å². The monoisotopic (exact) mass is 390 g/mol. The molecule has 28 heavy (non-hydrogen) atoms. The van der Waals surface area contributed by atoms with Gasteiger partial charge in [0.2, 0.25) is 0 Å². The summed E-state index contributed by atoms with van der Waals surface area (Å²) in [6.07, 6.45) is 5.91. The lowest BCUT2D eigenvalue weighted by molar-refractivity contribution is 0.0601. The molecule has 0 aliphatic heterocycles. The van der Waals surface area contributed by atoms with Crippen molar-refractivity contribution in [1.82, 2.24) is 0 Å². The van der Waals surface area contributed by atoms with Crippen molar-refractivity contribution in [3.63, 3.8) is 0 Å². The Morgan fingerprint density at radius 2 is 2.07 bits per heavy atom. The van der Waals surface area contributed by atoms with E-state index in [1.807, 2.05) is 12.1 Å². The number of aliphatic imine (C=N–C) groups is 1. The fourth-order valence-corrected chi connectivity index (χ4v) is 4.62. The summed E-state index contributed by atoms with van der Waals surface area (Å²) >= 11 is 1.60. The van der Waals surface area contributed by atoms with Crippen LogP contribution in [0.15, 0.2) is 45.8 Å². The molecule has 4 rings (SSSR count). The zero-order valence-corrected chi connectivity index (χ0v) is 16.2. The van der Waals surface area contributed by atoms with Crippen LogP contribution in [0.2, 0.25) is 0 Å². The van der Waals surface area contributed by atoms with E-state index in [9.17, 15) is 10.1 Å². The molecule has 0 spiro atoms. The number of furan rings is 1. The second kappa shape index (κ2) is 7.83. The van der Waals surface area contributed by atoms with E-state index in [1.165, 1.54) is 18.4 Å². The third-order valence-electron chi connectivity index (χ3n) is 4.80. The summed E-state index contributed by atoms with van der Waals surface area (Å²) in [6.45, 7) is 0. The summed E-state index contributed by atoms with van der Waals surface area (Å²) in [5.41, 5.74) is 2.97. The number of hydrogen-bond acceptors (Lipinski definition) is 6. The molecule has 2 aromatic heterocycles. The molecule has 1 aliphatic carbocycles. The molecule has 3 aromatic rings. The number of carbonyl (C=O) groups excluding carboxylic acids is 1. The van der Waals surface area contributed by atoms with Gasteiger partial charge in [0.1, 0.15) is 22.6 Å². The number of hydrogen-bond donors (Lipinski definition) is 0. The van der Waals surface area contributed by atoms with E-state index in [4.69, 9.17) is 9.15 Å². The first-order valence-corrected chi connectivity index (χ1v) is 9.89. The summed E-state index contributed by atoms with van der Waals surface area (Å²) in [5.74, 6) is 0.711. The number of thiophene rings is 1. The molecule has 6 heteroatoms.